The lowest BCUT2D eigenvalue weighted by atomic mass is 9.71. The summed E-state index contributed by atoms with van der Waals surface area (Å²) in [7, 11) is 0.638. The molecule has 1 aromatic carbocycles. The van der Waals surface area contributed by atoms with Crippen molar-refractivity contribution in [2.75, 3.05) is 7.11 Å². The Morgan fingerprint density at radius 3 is 2.29 bits per heavy atom. The Labute approximate surface area is 148 Å². The highest BCUT2D eigenvalue weighted by atomic mass is 28.3. The van der Waals surface area contributed by atoms with Crippen molar-refractivity contribution >= 4 is 8.07 Å². The van der Waals surface area contributed by atoms with Gasteiger partial charge in [0.1, 0.15) is 5.75 Å². The third-order valence-corrected chi connectivity index (χ3v) is 8.35. The van der Waals surface area contributed by atoms with E-state index >= 15 is 0 Å². The van der Waals surface area contributed by atoms with Crippen LogP contribution in [0.1, 0.15) is 42.4 Å². The Morgan fingerprint density at radius 2 is 1.75 bits per heavy atom. The highest BCUT2D eigenvalue weighted by Crippen LogP contribution is 2.53. The minimum atomic E-state index is -1.19. The Bertz CT molecular complexity index is 685. The van der Waals surface area contributed by atoms with Crippen LogP contribution in [0.25, 0.3) is 0 Å². The summed E-state index contributed by atoms with van der Waals surface area (Å²) in [5.41, 5.74) is 6.42. The lowest BCUT2D eigenvalue weighted by molar-refractivity contribution is 0.390. The van der Waals surface area contributed by atoms with Gasteiger partial charge in [-0.25, -0.2) is 0 Å². The number of methoxy groups -OCH3 is 1. The van der Waals surface area contributed by atoms with Crippen molar-refractivity contribution in [3.8, 4) is 5.75 Å². The number of rotatable bonds is 4. The Hall–Kier alpha value is -1.28. The highest BCUT2D eigenvalue weighted by molar-refractivity contribution is 6.78. The van der Waals surface area contributed by atoms with E-state index in [1.807, 2.05) is 7.11 Å². The predicted molar refractivity (Wildman–Crippen MR) is 107 cm³/mol. The number of aryl methyl sites for hydroxylation is 2. The van der Waals surface area contributed by atoms with Crippen LogP contribution in [-0.4, -0.2) is 15.2 Å². The molecular weight excluding hydrogens is 308 g/mol. The molecule has 3 rings (SSSR count). The molecule has 0 N–H and O–H groups in total. The Kier molecular flexibility index (Phi) is 4.54. The van der Waals surface area contributed by atoms with Gasteiger partial charge in [0.15, 0.2) is 0 Å². The van der Waals surface area contributed by atoms with E-state index in [0.717, 1.165) is 5.75 Å². The van der Waals surface area contributed by atoms with Crippen LogP contribution in [0.15, 0.2) is 35.9 Å². The van der Waals surface area contributed by atoms with Crippen LogP contribution < -0.4 is 4.74 Å². The molecule has 130 valence electrons. The number of allylic oxidation sites excluding steroid dienone is 4. The number of hydrogen-bond donors (Lipinski definition) is 0. The van der Waals surface area contributed by atoms with Gasteiger partial charge in [-0.1, -0.05) is 68.4 Å². The SMILES string of the molecule is COc1c(C)cc(C)cc1C1(C2=CC([Si](C)(C)C)C=C2)CCCC1. The minimum absolute atomic E-state index is 0.160. The van der Waals surface area contributed by atoms with E-state index in [2.05, 4.69) is 63.8 Å². The Morgan fingerprint density at radius 1 is 1.08 bits per heavy atom. The van der Waals surface area contributed by atoms with Crippen LogP contribution in [0.2, 0.25) is 25.2 Å². The van der Waals surface area contributed by atoms with E-state index in [0.29, 0.717) is 5.54 Å². The summed E-state index contributed by atoms with van der Waals surface area (Å²) in [4.78, 5) is 0. The summed E-state index contributed by atoms with van der Waals surface area (Å²) in [6, 6.07) is 4.63. The third-order valence-electron chi connectivity index (χ3n) is 5.99. The van der Waals surface area contributed by atoms with E-state index in [-0.39, 0.29) is 5.41 Å². The molecule has 2 aliphatic rings. The number of ether oxygens (including phenoxy) is 1. The van der Waals surface area contributed by atoms with E-state index in [4.69, 9.17) is 4.74 Å². The van der Waals surface area contributed by atoms with Crippen molar-refractivity contribution in [3.63, 3.8) is 0 Å². The first-order valence-corrected chi connectivity index (χ1v) is 12.9. The summed E-state index contributed by atoms with van der Waals surface area (Å²) >= 11 is 0. The molecule has 1 aromatic rings. The van der Waals surface area contributed by atoms with Crippen LogP contribution in [0.5, 0.6) is 5.75 Å². The van der Waals surface area contributed by atoms with Gasteiger partial charge in [-0.15, -0.1) is 0 Å². The molecule has 0 amide bonds. The molecule has 1 fully saturated rings. The van der Waals surface area contributed by atoms with Crippen molar-refractivity contribution < 1.29 is 4.74 Å². The monoisotopic (exact) mass is 340 g/mol. The van der Waals surface area contributed by atoms with Crippen molar-refractivity contribution in [2.24, 2.45) is 0 Å². The van der Waals surface area contributed by atoms with Crippen molar-refractivity contribution in [3.05, 3.63) is 52.6 Å². The zero-order valence-corrected chi connectivity index (χ0v) is 17.2. The first kappa shape index (κ1) is 17.5. The van der Waals surface area contributed by atoms with Gasteiger partial charge in [0.05, 0.1) is 15.2 Å². The second kappa shape index (κ2) is 6.22. The molecule has 2 aliphatic carbocycles. The number of benzene rings is 1. The second-order valence-corrected chi connectivity index (χ2v) is 14.2. The molecular formula is C22H32OSi. The molecule has 0 bridgehead atoms. The van der Waals surface area contributed by atoms with E-state index in [9.17, 15) is 0 Å². The van der Waals surface area contributed by atoms with Gasteiger partial charge in [-0.3, -0.25) is 0 Å². The largest absolute Gasteiger partial charge is 0.496 e. The molecule has 0 radical (unpaired) electrons. The number of hydrogen-bond acceptors (Lipinski definition) is 1. The standard InChI is InChI=1S/C22H32OSi/c1-16-13-17(2)21(23-3)20(14-16)22(11-7-8-12-22)18-9-10-19(15-18)24(4,5)6/h9-10,13-15,19H,7-8,11-12H2,1-6H3. The average molecular weight is 341 g/mol. The first-order valence-electron chi connectivity index (χ1n) is 9.34. The zero-order chi connectivity index (χ0) is 17.5. The molecule has 0 aromatic heterocycles. The van der Waals surface area contributed by atoms with Gasteiger partial charge in [-0.2, -0.15) is 0 Å². The Balaban J connectivity index is 2.14. The minimum Gasteiger partial charge on any atom is -0.496 e. The smallest absolute Gasteiger partial charge is 0.125 e. The van der Waals surface area contributed by atoms with Crippen LogP contribution in [0, 0.1) is 13.8 Å². The van der Waals surface area contributed by atoms with Crippen LogP contribution in [-0.2, 0) is 5.41 Å². The van der Waals surface area contributed by atoms with Gasteiger partial charge in [0.2, 0.25) is 0 Å². The molecule has 1 unspecified atom stereocenters. The lowest BCUT2D eigenvalue weighted by Crippen LogP contribution is -2.27. The van der Waals surface area contributed by atoms with Crippen LogP contribution >= 0.6 is 0 Å². The van der Waals surface area contributed by atoms with Crippen molar-refractivity contribution in [1.29, 1.82) is 0 Å². The van der Waals surface area contributed by atoms with Crippen LogP contribution in [0.4, 0.5) is 0 Å². The fraction of sp³-hybridized carbons (Fsp3) is 0.545. The topological polar surface area (TPSA) is 9.23 Å². The average Bonchev–Trinajstić information content (AvgIpc) is 3.16. The maximum absolute atomic E-state index is 5.88. The summed E-state index contributed by atoms with van der Waals surface area (Å²) in [5, 5.41) is 0. The van der Waals surface area contributed by atoms with E-state index < -0.39 is 8.07 Å². The maximum atomic E-state index is 5.88. The molecule has 0 heterocycles. The molecule has 0 saturated heterocycles. The molecule has 1 saturated carbocycles. The van der Waals surface area contributed by atoms with E-state index in [1.165, 1.54) is 42.4 Å². The zero-order valence-electron chi connectivity index (χ0n) is 16.2. The summed E-state index contributed by atoms with van der Waals surface area (Å²) in [6.07, 6.45) is 12.6. The molecule has 0 aliphatic heterocycles. The van der Waals surface area contributed by atoms with Gasteiger partial charge in [0.25, 0.3) is 0 Å². The van der Waals surface area contributed by atoms with Gasteiger partial charge < -0.3 is 4.74 Å². The maximum Gasteiger partial charge on any atom is 0.125 e. The third kappa shape index (κ3) is 2.90. The van der Waals surface area contributed by atoms with Crippen molar-refractivity contribution in [2.45, 2.75) is 70.1 Å². The molecule has 1 nitrogen and oxygen atoms in total. The molecule has 0 spiro atoms. The fourth-order valence-corrected chi connectivity index (χ4v) is 6.00. The quantitative estimate of drug-likeness (QED) is 0.582. The van der Waals surface area contributed by atoms with Gasteiger partial charge in [-0.05, 0) is 43.4 Å². The van der Waals surface area contributed by atoms with E-state index in [1.54, 1.807) is 5.57 Å². The van der Waals surface area contributed by atoms with Gasteiger partial charge in [0, 0.05) is 11.0 Å². The first-order chi connectivity index (χ1) is 11.3. The molecule has 1 atom stereocenters. The normalized spacial score (nSPS) is 22.8. The summed E-state index contributed by atoms with van der Waals surface area (Å²) in [5.74, 6) is 1.10. The fourth-order valence-electron chi connectivity index (χ4n) is 4.64. The van der Waals surface area contributed by atoms with Gasteiger partial charge >= 0.3 is 0 Å². The van der Waals surface area contributed by atoms with Crippen LogP contribution in [0.3, 0.4) is 0 Å². The summed E-state index contributed by atoms with van der Waals surface area (Å²) < 4.78 is 5.88. The molecule has 24 heavy (non-hydrogen) atoms. The molecule has 2 heteroatoms. The highest BCUT2D eigenvalue weighted by Gasteiger charge is 2.42. The second-order valence-electron chi connectivity index (χ2n) is 8.82. The lowest BCUT2D eigenvalue weighted by Gasteiger charge is -2.33. The summed E-state index contributed by atoms with van der Waals surface area (Å²) in [6.45, 7) is 11.8. The van der Waals surface area contributed by atoms with Crippen molar-refractivity contribution in [1.82, 2.24) is 0 Å². The predicted octanol–water partition coefficient (Wildman–Crippen LogP) is 6.33.